The van der Waals surface area contributed by atoms with Gasteiger partial charge in [-0.3, -0.25) is 4.99 Å². The molecule has 0 aliphatic carbocycles. The van der Waals surface area contributed by atoms with Crippen LogP contribution in [-0.4, -0.2) is 58.1 Å². The normalized spacial score (nSPS) is 16.8. The third-order valence-electron chi connectivity index (χ3n) is 3.62. The Kier molecular flexibility index (Phi) is 12.3. The fraction of sp³-hybridized carbons (Fsp3) is 0.611. The maximum absolute atomic E-state index is 13.1. The summed E-state index contributed by atoms with van der Waals surface area (Å²) in [5.41, 5.74) is 0. The topological polar surface area (TPSA) is 64.1 Å². The van der Waals surface area contributed by atoms with Crippen molar-refractivity contribution in [2.75, 3.05) is 46.1 Å². The molecule has 6 nitrogen and oxygen atoms in total. The van der Waals surface area contributed by atoms with Crippen LogP contribution < -0.4 is 15.4 Å². The average Bonchev–Trinajstić information content (AvgIpc) is 3.12. The molecular formula is C18H29FIN3O3. The minimum Gasteiger partial charge on any atom is -0.492 e. The summed E-state index contributed by atoms with van der Waals surface area (Å²) in [6.45, 7) is 6.70. The summed E-state index contributed by atoms with van der Waals surface area (Å²) in [7, 11) is 0. The Labute approximate surface area is 171 Å². The molecule has 148 valence electrons. The highest BCUT2D eigenvalue weighted by molar-refractivity contribution is 14.0. The van der Waals surface area contributed by atoms with Gasteiger partial charge < -0.3 is 24.8 Å². The number of rotatable bonds is 10. The molecule has 1 fully saturated rings. The Hall–Kier alpha value is -1.13. The van der Waals surface area contributed by atoms with E-state index < -0.39 is 0 Å². The molecule has 0 spiro atoms. The highest BCUT2D eigenvalue weighted by Gasteiger charge is 2.15. The molecule has 1 unspecified atom stereocenters. The Bertz CT molecular complexity index is 528. The van der Waals surface area contributed by atoms with E-state index in [0.29, 0.717) is 38.7 Å². The van der Waals surface area contributed by atoms with Crippen molar-refractivity contribution in [3.63, 3.8) is 0 Å². The zero-order valence-corrected chi connectivity index (χ0v) is 17.5. The van der Waals surface area contributed by atoms with Gasteiger partial charge >= 0.3 is 0 Å². The molecule has 8 heteroatoms. The molecule has 1 saturated heterocycles. The van der Waals surface area contributed by atoms with Gasteiger partial charge in [0.2, 0.25) is 0 Å². The third-order valence-corrected chi connectivity index (χ3v) is 3.62. The number of guanidine groups is 1. The zero-order chi connectivity index (χ0) is 17.7. The zero-order valence-electron chi connectivity index (χ0n) is 15.2. The molecule has 1 aromatic carbocycles. The summed E-state index contributed by atoms with van der Waals surface area (Å²) >= 11 is 0. The highest BCUT2D eigenvalue weighted by atomic mass is 127. The summed E-state index contributed by atoms with van der Waals surface area (Å²) in [6, 6.07) is 6.13. The molecule has 0 bridgehead atoms. The van der Waals surface area contributed by atoms with Gasteiger partial charge in [0.15, 0.2) is 5.96 Å². The molecule has 26 heavy (non-hydrogen) atoms. The SMILES string of the molecule is CCNC(=NCCCOC1CCOC1)NCCOc1cccc(F)c1.I. The number of nitrogens with one attached hydrogen (secondary N) is 2. The van der Waals surface area contributed by atoms with Crippen molar-refractivity contribution < 1.29 is 18.6 Å². The minimum atomic E-state index is -0.299. The van der Waals surface area contributed by atoms with Crippen molar-refractivity contribution in [1.82, 2.24) is 10.6 Å². The van der Waals surface area contributed by atoms with E-state index in [9.17, 15) is 4.39 Å². The number of benzene rings is 1. The lowest BCUT2D eigenvalue weighted by molar-refractivity contribution is 0.0424. The molecule has 1 aliphatic heterocycles. The molecule has 0 radical (unpaired) electrons. The van der Waals surface area contributed by atoms with Crippen molar-refractivity contribution >= 4 is 29.9 Å². The maximum atomic E-state index is 13.1. The van der Waals surface area contributed by atoms with Crippen LogP contribution >= 0.6 is 24.0 Å². The fourth-order valence-corrected chi connectivity index (χ4v) is 2.39. The lowest BCUT2D eigenvalue weighted by atomic mass is 10.3. The summed E-state index contributed by atoms with van der Waals surface area (Å²) < 4.78 is 29.6. The van der Waals surface area contributed by atoms with Crippen LogP contribution in [0.5, 0.6) is 5.75 Å². The van der Waals surface area contributed by atoms with Crippen molar-refractivity contribution in [2.24, 2.45) is 4.99 Å². The van der Waals surface area contributed by atoms with Crippen LogP contribution in [0.25, 0.3) is 0 Å². The van der Waals surface area contributed by atoms with Gasteiger partial charge in [-0.15, -0.1) is 24.0 Å². The number of ether oxygens (including phenoxy) is 3. The number of hydrogen-bond acceptors (Lipinski definition) is 4. The first-order valence-corrected chi connectivity index (χ1v) is 8.88. The van der Waals surface area contributed by atoms with E-state index in [-0.39, 0.29) is 35.9 Å². The van der Waals surface area contributed by atoms with Gasteiger partial charge in [-0.25, -0.2) is 4.39 Å². The van der Waals surface area contributed by atoms with E-state index in [2.05, 4.69) is 15.6 Å². The van der Waals surface area contributed by atoms with Crippen LogP contribution in [0.15, 0.2) is 29.3 Å². The molecule has 2 rings (SSSR count). The lowest BCUT2D eigenvalue weighted by Gasteiger charge is -2.12. The summed E-state index contributed by atoms with van der Waals surface area (Å²) in [4.78, 5) is 4.50. The molecule has 0 aromatic heterocycles. The Balaban J connectivity index is 0.00000338. The molecule has 1 heterocycles. The monoisotopic (exact) mass is 481 g/mol. The molecule has 1 aromatic rings. The second-order valence-corrected chi connectivity index (χ2v) is 5.70. The second kappa shape index (κ2) is 14.0. The summed E-state index contributed by atoms with van der Waals surface area (Å²) in [5.74, 6) is 0.970. The first kappa shape index (κ1) is 22.9. The summed E-state index contributed by atoms with van der Waals surface area (Å²) in [5, 5.41) is 6.38. The van der Waals surface area contributed by atoms with Crippen molar-refractivity contribution in [3.05, 3.63) is 30.1 Å². The van der Waals surface area contributed by atoms with E-state index in [4.69, 9.17) is 14.2 Å². The number of nitrogens with zero attached hydrogens (tertiary/aromatic N) is 1. The van der Waals surface area contributed by atoms with Crippen LogP contribution in [0.2, 0.25) is 0 Å². The van der Waals surface area contributed by atoms with E-state index in [0.717, 1.165) is 32.0 Å². The van der Waals surface area contributed by atoms with Crippen molar-refractivity contribution in [2.45, 2.75) is 25.9 Å². The first-order chi connectivity index (χ1) is 12.3. The molecular weight excluding hydrogens is 452 g/mol. The number of hydrogen-bond donors (Lipinski definition) is 2. The molecule has 1 aliphatic rings. The van der Waals surface area contributed by atoms with Gasteiger partial charge in [0, 0.05) is 32.4 Å². The van der Waals surface area contributed by atoms with E-state index in [1.165, 1.54) is 12.1 Å². The van der Waals surface area contributed by atoms with Crippen LogP contribution in [0.4, 0.5) is 4.39 Å². The molecule has 1 atom stereocenters. The predicted molar refractivity (Wildman–Crippen MR) is 111 cm³/mol. The Morgan fingerprint density at radius 2 is 2.23 bits per heavy atom. The largest absolute Gasteiger partial charge is 0.492 e. The molecule has 0 amide bonds. The van der Waals surface area contributed by atoms with Crippen LogP contribution in [0.1, 0.15) is 19.8 Å². The Morgan fingerprint density at radius 1 is 1.35 bits per heavy atom. The second-order valence-electron chi connectivity index (χ2n) is 5.70. The maximum Gasteiger partial charge on any atom is 0.191 e. The molecule has 2 N–H and O–H groups in total. The smallest absolute Gasteiger partial charge is 0.191 e. The van der Waals surface area contributed by atoms with E-state index in [1.807, 2.05) is 6.92 Å². The summed E-state index contributed by atoms with van der Waals surface area (Å²) in [6.07, 6.45) is 2.10. The van der Waals surface area contributed by atoms with Crippen LogP contribution in [0.3, 0.4) is 0 Å². The predicted octanol–water partition coefficient (Wildman–Crippen LogP) is 2.57. The number of aliphatic imine (C=N–C) groups is 1. The van der Waals surface area contributed by atoms with E-state index >= 15 is 0 Å². The minimum absolute atomic E-state index is 0. The van der Waals surface area contributed by atoms with Crippen molar-refractivity contribution in [3.8, 4) is 5.75 Å². The highest BCUT2D eigenvalue weighted by Crippen LogP contribution is 2.11. The lowest BCUT2D eigenvalue weighted by Crippen LogP contribution is -2.39. The quantitative estimate of drug-likeness (QED) is 0.233. The van der Waals surface area contributed by atoms with Crippen molar-refractivity contribution in [1.29, 1.82) is 0 Å². The van der Waals surface area contributed by atoms with Gasteiger partial charge in [-0.1, -0.05) is 6.07 Å². The standard InChI is InChI=1S/C18H28FN3O3.HI/c1-2-20-18(21-8-4-10-24-17-7-11-23-14-17)22-9-12-25-16-6-3-5-15(19)13-16;/h3,5-6,13,17H,2,4,7-12,14H2,1H3,(H2,20,21,22);1H. The first-order valence-electron chi connectivity index (χ1n) is 8.88. The van der Waals surface area contributed by atoms with Gasteiger partial charge in [0.1, 0.15) is 18.2 Å². The van der Waals surface area contributed by atoms with Crippen LogP contribution in [-0.2, 0) is 9.47 Å². The fourth-order valence-electron chi connectivity index (χ4n) is 2.39. The van der Waals surface area contributed by atoms with Crippen LogP contribution in [0, 0.1) is 5.82 Å². The number of halogens is 2. The van der Waals surface area contributed by atoms with Gasteiger partial charge in [0.05, 0.1) is 19.3 Å². The van der Waals surface area contributed by atoms with Gasteiger partial charge in [-0.2, -0.15) is 0 Å². The van der Waals surface area contributed by atoms with E-state index in [1.54, 1.807) is 12.1 Å². The Morgan fingerprint density at radius 3 is 2.96 bits per heavy atom. The third kappa shape index (κ3) is 9.54. The average molecular weight is 481 g/mol. The van der Waals surface area contributed by atoms with Gasteiger partial charge in [-0.05, 0) is 31.9 Å². The molecule has 0 saturated carbocycles. The van der Waals surface area contributed by atoms with Gasteiger partial charge in [0.25, 0.3) is 0 Å².